The zero-order chi connectivity index (χ0) is 11.0. The number of carbonyl (C=O) groups excluding carboxylic acids is 1. The summed E-state index contributed by atoms with van der Waals surface area (Å²) in [4.78, 5) is 11.6. The summed E-state index contributed by atoms with van der Waals surface area (Å²) in [7, 11) is 0. The van der Waals surface area contributed by atoms with Gasteiger partial charge in [0.15, 0.2) is 0 Å². The number of hydrogen-bond acceptors (Lipinski definition) is 2. The van der Waals surface area contributed by atoms with Gasteiger partial charge in [-0.2, -0.15) is 0 Å². The van der Waals surface area contributed by atoms with Gasteiger partial charge in [0.05, 0.1) is 6.61 Å². The Balaban J connectivity index is 3.90. The van der Waals surface area contributed by atoms with Gasteiger partial charge < -0.3 is 10.4 Å². The summed E-state index contributed by atoms with van der Waals surface area (Å²) in [5.74, 6) is 0.200. The number of unbranched alkanes of at least 4 members (excludes halogenated alkanes) is 1. The van der Waals surface area contributed by atoms with E-state index in [9.17, 15) is 4.79 Å². The van der Waals surface area contributed by atoms with Crippen LogP contribution in [0.3, 0.4) is 0 Å². The van der Waals surface area contributed by atoms with Gasteiger partial charge in [0.1, 0.15) is 0 Å². The van der Waals surface area contributed by atoms with E-state index >= 15 is 0 Å². The molecule has 14 heavy (non-hydrogen) atoms. The molecule has 0 rings (SSSR count). The van der Waals surface area contributed by atoms with E-state index in [1.807, 2.05) is 13.8 Å². The molecule has 0 aliphatic heterocycles. The van der Waals surface area contributed by atoms with Crippen molar-refractivity contribution in [3.63, 3.8) is 0 Å². The molecule has 0 aromatic carbocycles. The van der Waals surface area contributed by atoms with Crippen molar-refractivity contribution in [1.82, 2.24) is 5.32 Å². The molecule has 84 valence electrons. The highest BCUT2D eigenvalue weighted by Crippen LogP contribution is 2.12. The van der Waals surface area contributed by atoms with E-state index in [4.69, 9.17) is 5.11 Å². The van der Waals surface area contributed by atoms with Crippen molar-refractivity contribution >= 4 is 5.91 Å². The van der Waals surface area contributed by atoms with E-state index < -0.39 is 0 Å². The summed E-state index contributed by atoms with van der Waals surface area (Å²) in [5.41, 5.74) is 0. The lowest BCUT2D eigenvalue weighted by atomic mass is 9.98. The number of aliphatic hydroxyl groups excluding tert-OH is 1. The Morgan fingerprint density at radius 1 is 1.43 bits per heavy atom. The van der Waals surface area contributed by atoms with Gasteiger partial charge in [0.2, 0.25) is 5.91 Å². The first kappa shape index (κ1) is 13.4. The molecule has 0 bridgehead atoms. The maximum atomic E-state index is 11.6. The van der Waals surface area contributed by atoms with E-state index in [0.717, 1.165) is 25.7 Å². The Morgan fingerprint density at radius 2 is 2.07 bits per heavy atom. The molecule has 2 atom stereocenters. The van der Waals surface area contributed by atoms with Crippen molar-refractivity contribution in [3.8, 4) is 0 Å². The normalized spacial score (nSPS) is 14.9. The molecule has 0 fully saturated rings. The number of amides is 1. The number of aliphatic hydroxyl groups is 1. The van der Waals surface area contributed by atoms with Gasteiger partial charge >= 0.3 is 0 Å². The van der Waals surface area contributed by atoms with Crippen molar-refractivity contribution in [1.29, 1.82) is 0 Å². The second-order valence-electron chi connectivity index (χ2n) is 3.84. The highest BCUT2D eigenvalue weighted by molar-refractivity contribution is 5.78. The molecule has 2 unspecified atom stereocenters. The van der Waals surface area contributed by atoms with Crippen molar-refractivity contribution in [2.24, 2.45) is 5.92 Å². The van der Waals surface area contributed by atoms with Gasteiger partial charge in [-0.25, -0.2) is 0 Å². The van der Waals surface area contributed by atoms with Crippen LogP contribution in [-0.4, -0.2) is 23.7 Å². The number of carbonyl (C=O) groups is 1. The third kappa shape index (κ3) is 5.22. The van der Waals surface area contributed by atoms with Crippen LogP contribution in [0.15, 0.2) is 0 Å². The van der Waals surface area contributed by atoms with Crippen LogP contribution in [0.5, 0.6) is 0 Å². The largest absolute Gasteiger partial charge is 0.394 e. The highest BCUT2D eigenvalue weighted by atomic mass is 16.3. The van der Waals surface area contributed by atoms with E-state index in [1.165, 1.54) is 0 Å². The summed E-state index contributed by atoms with van der Waals surface area (Å²) in [6, 6.07) is -0.127. The Hall–Kier alpha value is -0.570. The molecule has 0 heterocycles. The molecule has 2 N–H and O–H groups in total. The molecule has 1 amide bonds. The molecule has 0 aromatic heterocycles. The second-order valence-corrected chi connectivity index (χ2v) is 3.84. The minimum Gasteiger partial charge on any atom is -0.394 e. The summed E-state index contributed by atoms with van der Waals surface area (Å²) < 4.78 is 0. The maximum absolute atomic E-state index is 11.6. The Labute approximate surface area is 86.9 Å². The summed E-state index contributed by atoms with van der Waals surface area (Å²) in [6.45, 7) is 5.98. The van der Waals surface area contributed by atoms with Gasteiger partial charge in [-0.1, -0.05) is 26.7 Å². The zero-order valence-electron chi connectivity index (χ0n) is 9.55. The number of nitrogens with one attached hydrogen (secondary N) is 1. The number of hydrogen-bond donors (Lipinski definition) is 2. The molecule has 0 aliphatic rings. The van der Waals surface area contributed by atoms with E-state index in [0.29, 0.717) is 0 Å². The fraction of sp³-hybridized carbons (Fsp3) is 0.909. The fourth-order valence-corrected chi connectivity index (χ4v) is 1.38. The maximum Gasteiger partial charge on any atom is 0.223 e. The van der Waals surface area contributed by atoms with Crippen LogP contribution < -0.4 is 5.32 Å². The van der Waals surface area contributed by atoms with Crippen molar-refractivity contribution in [3.05, 3.63) is 0 Å². The average Bonchev–Trinajstić information content (AvgIpc) is 2.18. The number of rotatable bonds is 7. The van der Waals surface area contributed by atoms with Gasteiger partial charge in [0.25, 0.3) is 0 Å². The minimum atomic E-state index is -0.127. The van der Waals surface area contributed by atoms with Crippen molar-refractivity contribution in [2.45, 2.75) is 52.5 Å². The predicted octanol–water partition coefficient (Wildman–Crippen LogP) is 1.70. The first-order chi connectivity index (χ1) is 6.65. The zero-order valence-corrected chi connectivity index (χ0v) is 9.55. The minimum absolute atomic E-state index is 0.00987. The van der Waals surface area contributed by atoms with Crippen LogP contribution in [0.1, 0.15) is 46.5 Å². The lowest BCUT2D eigenvalue weighted by Gasteiger charge is -2.17. The molecule has 0 saturated carbocycles. The first-order valence-corrected chi connectivity index (χ1v) is 5.56. The van der Waals surface area contributed by atoms with Gasteiger partial charge in [-0.3, -0.25) is 4.79 Å². The smallest absolute Gasteiger partial charge is 0.223 e. The molecule has 0 aliphatic carbocycles. The van der Waals surface area contributed by atoms with Crippen LogP contribution in [0, 0.1) is 5.92 Å². The second kappa shape index (κ2) is 7.80. The van der Waals surface area contributed by atoms with Gasteiger partial charge in [-0.05, 0) is 19.8 Å². The van der Waals surface area contributed by atoms with Crippen LogP contribution >= 0.6 is 0 Å². The summed E-state index contributed by atoms with van der Waals surface area (Å²) in [5, 5.41) is 11.6. The monoisotopic (exact) mass is 201 g/mol. The van der Waals surface area contributed by atoms with Gasteiger partial charge in [-0.15, -0.1) is 0 Å². The molecule has 3 nitrogen and oxygen atoms in total. The standard InChI is InChI=1S/C11H23NO2/c1-4-6-7-10(5-2)11(14)12-9(3)8-13/h9-10,13H,4-8H2,1-3H3,(H,12,14). The lowest BCUT2D eigenvalue weighted by molar-refractivity contribution is -0.126. The Morgan fingerprint density at radius 3 is 2.50 bits per heavy atom. The molecule has 3 heteroatoms. The van der Waals surface area contributed by atoms with E-state index in [-0.39, 0.29) is 24.5 Å². The molecule has 0 radical (unpaired) electrons. The topological polar surface area (TPSA) is 49.3 Å². The lowest BCUT2D eigenvalue weighted by Crippen LogP contribution is -2.39. The van der Waals surface area contributed by atoms with Crippen molar-refractivity contribution < 1.29 is 9.90 Å². The Bertz CT molecular complexity index is 159. The molecular formula is C11H23NO2. The van der Waals surface area contributed by atoms with E-state index in [1.54, 1.807) is 0 Å². The molecule has 0 aromatic rings. The quantitative estimate of drug-likeness (QED) is 0.658. The first-order valence-electron chi connectivity index (χ1n) is 5.56. The molecule has 0 spiro atoms. The third-order valence-electron chi connectivity index (χ3n) is 2.43. The predicted molar refractivity (Wildman–Crippen MR) is 58.0 cm³/mol. The SMILES string of the molecule is CCCCC(CC)C(=O)NC(C)CO. The van der Waals surface area contributed by atoms with Crippen LogP contribution in [0.4, 0.5) is 0 Å². The van der Waals surface area contributed by atoms with Crippen LogP contribution in [-0.2, 0) is 4.79 Å². The van der Waals surface area contributed by atoms with Crippen LogP contribution in [0.25, 0.3) is 0 Å². The fourth-order valence-electron chi connectivity index (χ4n) is 1.38. The summed E-state index contributed by atoms with van der Waals surface area (Å²) in [6.07, 6.45) is 4.06. The molecule has 0 saturated heterocycles. The highest BCUT2D eigenvalue weighted by Gasteiger charge is 2.16. The van der Waals surface area contributed by atoms with Crippen molar-refractivity contribution in [2.75, 3.05) is 6.61 Å². The van der Waals surface area contributed by atoms with Crippen LogP contribution in [0.2, 0.25) is 0 Å². The Kier molecular flexibility index (Phi) is 7.48. The van der Waals surface area contributed by atoms with E-state index in [2.05, 4.69) is 12.2 Å². The van der Waals surface area contributed by atoms with Gasteiger partial charge in [0, 0.05) is 12.0 Å². The third-order valence-corrected chi connectivity index (χ3v) is 2.43. The summed E-state index contributed by atoms with van der Waals surface area (Å²) >= 11 is 0. The molecular weight excluding hydrogens is 178 g/mol. The average molecular weight is 201 g/mol.